The zero-order valence-corrected chi connectivity index (χ0v) is 13.8. The summed E-state index contributed by atoms with van der Waals surface area (Å²) >= 11 is 0. The molecule has 0 aromatic heterocycles. The van der Waals surface area contributed by atoms with Crippen LogP contribution in [0.4, 0.5) is 0 Å². The molecule has 0 radical (unpaired) electrons. The molecule has 0 atom stereocenters. The molecule has 0 bridgehead atoms. The number of hydrogen-bond acceptors (Lipinski definition) is 4. The number of sulfone groups is 1. The Morgan fingerprint density at radius 1 is 1.24 bits per heavy atom. The molecule has 0 aliphatic heterocycles. The monoisotopic (exact) mass is 310 g/mol. The van der Waals surface area contributed by atoms with Crippen molar-refractivity contribution < 1.29 is 8.42 Å². The molecular weight excluding hydrogens is 284 g/mol. The molecule has 1 aromatic carbocycles. The third-order valence-corrected chi connectivity index (χ3v) is 5.80. The van der Waals surface area contributed by atoms with Crippen LogP contribution in [0.3, 0.4) is 0 Å². The number of nitrogens with two attached hydrogens (primary N) is 1. The number of hydrogen-bond donors (Lipinski definition) is 1. The highest BCUT2D eigenvalue weighted by Crippen LogP contribution is 2.30. The molecule has 21 heavy (non-hydrogen) atoms. The van der Waals surface area contributed by atoms with E-state index in [1.807, 2.05) is 0 Å². The van der Waals surface area contributed by atoms with E-state index in [1.165, 1.54) is 12.8 Å². The maximum atomic E-state index is 12.4. The van der Waals surface area contributed by atoms with E-state index in [1.54, 1.807) is 24.3 Å². The van der Waals surface area contributed by atoms with Crippen LogP contribution >= 0.6 is 0 Å². The van der Waals surface area contributed by atoms with Gasteiger partial charge in [-0.25, -0.2) is 8.42 Å². The average molecular weight is 310 g/mol. The van der Waals surface area contributed by atoms with E-state index < -0.39 is 9.84 Å². The van der Waals surface area contributed by atoms with Gasteiger partial charge < -0.3 is 5.73 Å². The smallest absolute Gasteiger partial charge is 0.179 e. The van der Waals surface area contributed by atoms with Crippen LogP contribution in [0.1, 0.15) is 32.3 Å². The Kier molecular flexibility index (Phi) is 5.41. The van der Waals surface area contributed by atoms with E-state index in [0.717, 1.165) is 18.0 Å². The van der Waals surface area contributed by atoms with Gasteiger partial charge in [-0.15, -0.1) is 0 Å². The summed E-state index contributed by atoms with van der Waals surface area (Å²) in [6.45, 7) is 6.33. The van der Waals surface area contributed by atoms with Crippen molar-refractivity contribution in [3.63, 3.8) is 0 Å². The fourth-order valence-electron chi connectivity index (χ4n) is 2.38. The van der Waals surface area contributed by atoms with Crippen LogP contribution in [0, 0.1) is 5.92 Å². The van der Waals surface area contributed by atoms with Crippen molar-refractivity contribution in [1.29, 1.82) is 0 Å². The average Bonchev–Trinajstić information content (AvgIpc) is 3.27. The minimum Gasteiger partial charge on any atom is -0.326 e. The lowest BCUT2D eigenvalue weighted by Gasteiger charge is -2.26. The highest BCUT2D eigenvalue weighted by molar-refractivity contribution is 7.91. The third kappa shape index (κ3) is 4.80. The Balaban J connectivity index is 1.98. The summed E-state index contributed by atoms with van der Waals surface area (Å²) in [7, 11) is -3.21. The molecule has 0 spiro atoms. The molecule has 0 saturated heterocycles. The summed E-state index contributed by atoms with van der Waals surface area (Å²) in [5.74, 6) is 0.957. The van der Waals surface area contributed by atoms with E-state index in [4.69, 9.17) is 5.73 Å². The van der Waals surface area contributed by atoms with Gasteiger partial charge in [0.1, 0.15) is 0 Å². The first-order valence-electron chi connectivity index (χ1n) is 7.68. The molecule has 2 N–H and O–H groups in total. The second-order valence-electron chi connectivity index (χ2n) is 6.20. The van der Waals surface area contributed by atoms with Crippen LogP contribution in [0.2, 0.25) is 0 Å². The van der Waals surface area contributed by atoms with Crippen molar-refractivity contribution >= 4 is 9.84 Å². The quantitative estimate of drug-likeness (QED) is 0.798. The normalized spacial score (nSPS) is 15.9. The van der Waals surface area contributed by atoms with Gasteiger partial charge in [0.15, 0.2) is 9.84 Å². The van der Waals surface area contributed by atoms with Gasteiger partial charge in [-0.1, -0.05) is 12.1 Å². The van der Waals surface area contributed by atoms with Crippen molar-refractivity contribution in [3.05, 3.63) is 29.8 Å². The second-order valence-corrected chi connectivity index (χ2v) is 8.31. The molecule has 2 rings (SSSR count). The number of nitrogens with zero attached hydrogens (tertiary/aromatic N) is 1. The Bertz CT molecular complexity index is 548. The summed E-state index contributed by atoms with van der Waals surface area (Å²) in [5, 5.41) is 0. The first-order chi connectivity index (χ1) is 9.92. The highest BCUT2D eigenvalue weighted by Gasteiger charge is 2.26. The van der Waals surface area contributed by atoms with E-state index in [-0.39, 0.29) is 5.75 Å². The number of benzene rings is 1. The van der Waals surface area contributed by atoms with Gasteiger partial charge in [-0.2, -0.15) is 0 Å². The van der Waals surface area contributed by atoms with Crippen molar-refractivity contribution in [1.82, 2.24) is 4.90 Å². The van der Waals surface area contributed by atoms with Crippen LogP contribution in [0.25, 0.3) is 0 Å². The zero-order chi connectivity index (χ0) is 15.5. The molecular formula is C16H26N2O2S. The molecule has 5 heteroatoms. The SMILES string of the molecule is CC(C)N(CCS(=O)(=O)c1ccc(CN)cc1)CC1CC1. The molecule has 4 nitrogen and oxygen atoms in total. The van der Waals surface area contributed by atoms with Crippen molar-refractivity contribution in [2.75, 3.05) is 18.8 Å². The van der Waals surface area contributed by atoms with E-state index in [9.17, 15) is 8.42 Å². The standard InChI is InChI=1S/C16H26N2O2S/c1-13(2)18(12-15-3-4-15)9-10-21(19,20)16-7-5-14(11-17)6-8-16/h5-8,13,15H,3-4,9-12,17H2,1-2H3. The fourth-order valence-corrected chi connectivity index (χ4v) is 3.64. The van der Waals surface area contributed by atoms with E-state index >= 15 is 0 Å². The van der Waals surface area contributed by atoms with Crippen molar-refractivity contribution in [2.45, 2.75) is 44.2 Å². The van der Waals surface area contributed by atoms with Gasteiger partial charge in [-0.05, 0) is 50.3 Å². The Hall–Kier alpha value is -0.910. The van der Waals surface area contributed by atoms with Gasteiger partial charge in [0, 0.05) is 25.7 Å². The van der Waals surface area contributed by atoms with Crippen LogP contribution in [-0.4, -0.2) is 38.2 Å². The van der Waals surface area contributed by atoms with E-state index in [2.05, 4.69) is 18.7 Å². The Labute approximate surface area is 128 Å². The fraction of sp³-hybridized carbons (Fsp3) is 0.625. The minimum atomic E-state index is -3.21. The third-order valence-electron chi connectivity index (χ3n) is 4.09. The second kappa shape index (κ2) is 6.90. The van der Waals surface area contributed by atoms with Crippen LogP contribution in [-0.2, 0) is 16.4 Å². The largest absolute Gasteiger partial charge is 0.326 e. The molecule has 1 fully saturated rings. The lowest BCUT2D eigenvalue weighted by atomic mass is 10.2. The van der Waals surface area contributed by atoms with Crippen molar-refractivity contribution in [3.8, 4) is 0 Å². The van der Waals surface area contributed by atoms with Gasteiger partial charge in [0.2, 0.25) is 0 Å². The molecule has 118 valence electrons. The van der Waals surface area contributed by atoms with Crippen molar-refractivity contribution in [2.24, 2.45) is 11.7 Å². The molecule has 1 saturated carbocycles. The summed E-state index contributed by atoms with van der Waals surface area (Å²) in [6.07, 6.45) is 2.58. The van der Waals surface area contributed by atoms with E-state index in [0.29, 0.717) is 24.0 Å². The molecule has 0 unspecified atom stereocenters. The minimum absolute atomic E-state index is 0.180. The maximum absolute atomic E-state index is 12.4. The summed E-state index contributed by atoms with van der Waals surface area (Å²) in [5.41, 5.74) is 6.49. The zero-order valence-electron chi connectivity index (χ0n) is 13.0. The van der Waals surface area contributed by atoms with Crippen LogP contribution in [0.5, 0.6) is 0 Å². The first kappa shape index (κ1) is 16.5. The molecule has 1 aromatic rings. The topological polar surface area (TPSA) is 63.4 Å². The van der Waals surface area contributed by atoms with Crippen LogP contribution < -0.4 is 5.73 Å². The molecule has 0 amide bonds. The predicted octanol–water partition coefficient (Wildman–Crippen LogP) is 2.04. The lowest BCUT2D eigenvalue weighted by Crippen LogP contribution is -2.36. The maximum Gasteiger partial charge on any atom is 0.179 e. The molecule has 1 aliphatic carbocycles. The predicted molar refractivity (Wildman–Crippen MR) is 85.8 cm³/mol. The lowest BCUT2D eigenvalue weighted by molar-refractivity contribution is 0.225. The van der Waals surface area contributed by atoms with Gasteiger partial charge in [-0.3, -0.25) is 4.90 Å². The van der Waals surface area contributed by atoms with Gasteiger partial charge >= 0.3 is 0 Å². The van der Waals surface area contributed by atoms with Gasteiger partial charge in [0.05, 0.1) is 10.6 Å². The highest BCUT2D eigenvalue weighted by atomic mass is 32.2. The summed E-state index contributed by atoms with van der Waals surface area (Å²) < 4.78 is 24.8. The molecule has 1 aliphatic rings. The van der Waals surface area contributed by atoms with Gasteiger partial charge in [0.25, 0.3) is 0 Å². The summed E-state index contributed by atoms with van der Waals surface area (Å²) in [4.78, 5) is 2.68. The first-order valence-corrected chi connectivity index (χ1v) is 9.33. The molecule has 0 heterocycles. The number of rotatable bonds is 8. The Morgan fingerprint density at radius 2 is 1.86 bits per heavy atom. The Morgan fingerprint density at radius 3 is 2.33 bits per heavy atom. The summed E-state index contributed by atoms with van der Waals surface area (Å²) in [6, 6.07) is 7.30. The van der Waals surface area contributed by atoms with Crippen LogP contribution in [0.15, 0.2) is 29.2 Å².